The van der Waals surface area contributed by atoms with Crippen molar-refractivity contribution in [1.29, 1.82) is 0 Å². The molecule has 0 saturated heterocycles. The van der Waals surface area contributed by atoms with E-state index in [9.17, 15) is 0 Å². The van der Waals surface area contributed by atoms with Gasteiger partial charge in [-0.25, -0.2) is 0 Å². The molecule has 1 saturated carbocycles. The van der Waals surface area contributed by atoms with Crippen molar-refractivity contribution >= 4 is 0 Å². The largest absolute Gasteiger partial charge is 0.386 e. The molecule has 0 radical (unpaired) electrons. The van der Waals surface area contributed by atoms with Gasteiger partial charge in [-0.15, -0.1) is 0 Å². The van der Waals surface area contributed by atoms with Gasteiger partial charge in [-0.2, -0.15) is 0 Å². The van der Waals surface area contributed by atoms with E-state index in [1.54, 1.807) is 0 Å². The van der Waals surface area contributed by atoms with Crippen molar-refractivity contribution in [2.45, 2.75) is 45.1 Å². The van der Waals surface area contributed by atoms with Crippen molar-refractivity contribution in [1.82, 2.24) is 5.32 Å². The molecule has 1 fully saturated rings. The van der Waals surface area contributed by atoms with Gasteiger partial charge >= 0.3 is 0 Å². The molecule has 0 spiro atoms. The van der Waals surface area contributed by atoms with E-state index in [-0.39, 0.29) is 0 Å². The standard InChI is InChI=1S/C11H19N/c1-3-7-10(2)12-11-8-5-4-6-9-11/h3,7,11-12H,1,4-6,8-9H2,2H3/b10-7+. The van der Waals surface area contributed by atoms with Crippen molar-refractivity contribution < 1.29 is 0 Å². The summed E-state index contributed by atoms with van der Waals surface area (Å²) in [7, 11) is 0. The second kappa shape index (κ2) is 5.02. The van der Waals surface area contributed by atoms with Gasteiger partial charge in [0.15, 0.2) is 0 Å². The first-order valence-electron chi connectivity index (χ1n) is 4.89. The Morgan fingerprint density at radius 3 is 2.58 bits per heavy atom. The van der Waals surface area contributed by atoms with Gasteiger partial charge in [0.25, 0.3) is 0 Å². The minimum absolute atomic E-state index is 0.718. The van der Waals surface area contributed by atoms with E-state index < -0.39 is 0 Å². The maximum Gasteiger partial charge on any atom is 0.0258 e. The molecule has 1 heteroatoms. The normalized spacial score (nSPS) is 20.6. The Morgan fingerprint density at radius 2 is 2.00 bits per heavy atom. The zero-order chi connectivity index (χ0) is 8.81. The highest BCUT2D eigenvalue weighted by Crippen LogP contribution is 2.18. The first-order valence-corrected chi connectivity index (χ1v) is 4.89. The topological polar surface area (TPSA) is 12.0 Å². The molecular weight excluding hydrogens is 146 g/mol. The summed E-state index contributed by atoms with van der Waals surface area (Å²) in [5.74, 6) is 0. The van der Waals surface area contributed by atoms with Gasteiger partial charge < -0.3 is 5.32 Å². The molecule has 0 aromatic heterocycles. The second-order valence-corrected chi connectivity index (χ2v) is 3.56. The quantitative estimate of drug-likeness (QED) is 0.634. The van der Waals surface area contributed by atoms with Gasteiger partial charge in [-0.1, -0.05) is 31.9 Å². The molecule has 0 atom stereocenters. The van der Waals surface area contributed by atoms with E-state index in [4.69, 9.17) is 0 Å². The number of allylic oxidation sites excluding steroid dienone is 3. The predicted octanol–water partition coefficient (Wildman–Crippen LogP) is 3.00. The van der Waals surface area contributed by atoms with E-state index in [0.29, 0.717) is 0 Å². The van der Waals surface area contributed by atoms with E-state index in [0.717, 1.165) is 6.04 Å². The maximum atomic E-state index is 3.68. The smallest absolute Gasteiger partial charge is 0.0258 e. The van der Waals surface area contributed by atoms with E-state index in [2.05, 4.69) is 18.8 Å². The Labute approximate surface area is 75.6 Å². The van der Waals surface area contributed by atoms with E-state index >= 15 is 0 Å². The number of hydrogen-bond donors (Lipinski definition) is 1. The first kappa shape index (κ1) is 9.37. The summed E-state index contributed by atoms with van der Waals surface area (Å²) in [4.78, 5) is 0. The molecule has 0 amide bonds. The van der Waals surface area contributed by atoms with Crippen LogP contribution in [0.25, 0.3) is 0 Å². The molecule has 12 heavy (non-hydrogen) atoms. The third-order valence-electron chi connectivity index (χ3n) is 2.40. The van der Waals surface area contributed by atoms with Crippen LogP contribution in [0.15, 0.2) is 24.4 Å². The lowest BCUT2D eigenvalue weighted by molar-refractivity contribution is 0.396. The number of hydrogen-bond acceptors (Lipinski definition) is 1. The van der Waals surface area contributed by atoms with Gasteiger partial charge in [-0.3, -0.25) is 0 Å². The van der Waals surface area contributed by atoms with Crippen LogP contribution in [0.4, 0.5) is 0 Å². The molecule has 0 aliphatic heterocycles. The fourth-order valence-electron chi connectivity index (χ4n) is 1.79. The summed E-state index contributed by atoms with van der Waals surface area (Å²) in [6.07, 6.45) is 10.7. The summed E-state index contributed by atoms with van der Waals surface area (Å²) in [5, 5.41) is 3.51. The van der Waals surface area contributed by atoms with E-state index in [1.807, 2.05) is 12.2 Å². The fourth-order valence-corrected chi connectivity index (χ4v) is 1.79. The number of nitrogens with one attached hydrogen (secondary N) is 1. The highest BCUT2D eigenvalue weighted by Gasteiger charge is 2.11. The fraction of sp³-hybridized carbons (Fsp3) is 0.636. The van der Waals surface area contributed by atoms with Crippen LogP contribution in [-0.2, 0) is 0 Å². The van der Waals surface area contributed by atoms with Crippen LogP contribution in [-0.4, -0.2) is 6.04 Å². The molecule has 0 bridgehead atoms. The van der Waals surface area contributed by atoms with Crippen LogP contribution in [0.5, 0.6) is 0 Å². The van der Waals surface area contributed by atoms with Crippen molar-refractivity contribution in [3.63, 3.8) is 0 Å². The molecule has 1 rings (SSSR count). The molecule has 1 nitrogen and oxygen atoms in total. The number of rotatable bonds is 3. The van der Waals surface area contributed by atoms with Crippen molar-refractivity contribution in [2.75, 3.05) is 0 Å². The van der Waals surface area contributed by atoms with Gasteiger partial charge in [0.1, 0.15) is 0 Å². The third-order valence-corrected chi connectivity index (χ3v) is 2.40. The lowest BCUT2D eigenvalue weighted by Gasteiger charge is -2.23. The molecule has 0 heterocycles. The maximum absolute atomic E-state index is 3.68. The molecule has 1 N–H and O–H groups in total. The molecule has 68 valence electrons. The summed E-state index contributed by atoms with van der Waals surface area (Å²) < 4.78 is 0. The van der Waals surface area contributed by atoms with Crippen molar-refractivity contribution in [3.05, 3.63) is 24.4 Å². The summed E-state index contributed by atoms with van der Waals surface area (Å²) >= 11 is 0. The summed E-state index contributed by atoms with van der Waals surface area (Å²) in [6, 6.07) is 0.718. The predicted molar refractivity (Wildman–Crippen MR) is 54.0 cm³/mol. The Bertz CT molecular complexity index is 164. The lowest BCUT2D eigenvalue weighted by atomic mass is 9.95. The van der Waals surface area contributed by atoms with Gasteiger partial charge in [0, 0.05) is 11.7 Å². The Morgan fingerprint density at radius 1 is 1.33 bits per heavy atom. The Hall–Kier alpha value is -0.720. The molecule has 0 aromatic carbocycles. The van der Waals surface area contributed by atoms with Gasteiger partial charge in [0.2, 0.25) is 0 Å². The molecule has 1 aliphatic carbocycles. The van der Waals surface area contributed by atoms with Gasteiger partial charge in [-0.05, 0) is 25.8 Å². The zero-order valence-electron chi connectivity index (χ0n) is 7.97. The van der Waals surface area contributed by atoms with Crippen LogP contribution in [0.2, 0.25) is 0 Å². The first-order chi connectivity index (χ1) is 5.83. The average molecular weight is 165 g/mol. The van der Waals surface area contributed by atoms with Crippen LogP contribution in [0.1, 0.15) is 39.0 Å². The minimum atomic E-state index is 0.718. The zero-order valence-corrected chi connectivity index (χ0v) is 7.97. The highest BCUT2D eigenvalue weighted by molar-refractivity contribution is 5.06. The Kier molecular flexibility index (Phi) is 3.92. The van der Waals surface area contributed by atoms with Crippen molar-refractivity contribution in [2.24, 2.45) is 0 Å². The van der Waals surface area contributed by atoms with Gasteiger partial charge in [0.05, 0.1) is 0 Å². The van der Waals surface area contributed by atoms with Crippen LogP contribution >= 0.6 is 0 Å². The highest BCUT2D eigenvalue weighted by atomic mass is 14.9. The third kappa shape index (κ3) is 3.12. The molecule has 0 aromatic rings. The van der Waals surface area contributed by atoms with E-state index in [1.165, 1.54) is 37.8 Å². The summed E-state index contributed by atoms with van der Waals surface area (Å²) in [6.45, 7) is 5.78. The molecule has 1 aliphatic rings. The Balaban J connectivity index is 2.28. The second-order valence-electron chi connectivity index (χ2n) is 3.56. The molecule has 0 unspecified atom stereocenters. The SMILES string of the molecule is C=C/C=C(\C)NC1CCCCC1. The average Bonchev–Trinajstić information content (AvgIpc) is 2.06. The minimum Gasteiger partial charge on any atom is -0.386 e. The van der Waals surface area contributed by atoms with Crippen LogP contribution in [0.3, 0.4) is 0 Å². The molecular formula is C11H19N. The monoisotopic (exact) mass is 165 g/mol. The lowest BCUT2D eigenvalue weighted by Crippen LogP contribution is -2.29. The van der Waals surface area contributed by atoms with Crippen molar-refractivity contribution in [3.8, 4) is 0 Å². The summed E-state index contributed by atoms with van der Waals surface area (Å²) in [5.41, 5.74) is 1.25. The van der Waals surface area contributed by atoms with Crippen LogP contribution < -0.4 is 5.32 Å². The van der Waals surface area contributed by atoms with Crippen LogP contribution in [0, 0.1) is 0 Å².